The Morgan fingerprint density at radius 2 is 1.52 bits per heavy atom. The van der Waals surface area contributed by atoms with Gasteiger partial charge in [0, 0.05) is 17.8 Å². The highest BCUT2D eigenvalue weighted by molar-refractivity contribution is 5.75. The summed E-state index contributed by atoms with van der Waals surface area (Å²) in [7, 11) is 0. The number of nitrogens with zero attached hydrogens (tertiary/aromatic N) is 1. The maximum atomic E-state index is 12.1. The van der Waals surface area contributed by atoms with E-state index in [0.29, 0.717) is 25.7 Å². The number of carboxylic acid groups (broad SMARTS) is 1. The van der Waals surface area contributed by atoms with Gasteiger partial charge in [-0.25, -0.2) is 0 Å². The summed E-state index contributed by atoms with van der Waals surface area (Å²) in [6.45, 7) is 2.25. The van der Waals surface area contributed by atoms with E-state index in [0.717, 1.165) is 31.6 Å². The van der Waals surface area contributed by atoms with Crippen molar-refractivity contribution in [1.82, 2.24) is 0 Å². The fourth-order valence-electron chi connectivity index (χ4n) is 5.52. The standard InChI is InChI=1S/C22H39NO4/c1-2-3-4-5-6-7-8-9-18-10-12-19(13-11-18)22(21(24)25)16-14-20(15-17-22)23(26)27/h18-20H,2-17H2,1H3,(H,24,25). The molecule has 0 aromatic heterocycles. The minimum atomic E-state index is -0.708. The SMILES string of the molecule is CCCCCCCCCC1CCC(C2(C(=O)O)CCC([N+](=O)[O-])CC2)CC1. The molecule has 0 heterocycles. The molecule has 2 rings (SSSR count). The lowest BCUT2D eigenvalue weighted by molar-refractivity contribution is -0.527. The zero-order chi connectivity index (χ0) is 19.7. The first kappa shape index (κ1) is 22.2. The van der Waals surface area contributed by atoms with Gasteiger partial charge in [-0.15, -0.1) is 0 Å². The first-order valence-electron chi connectivity index (χ1n) is 11.4. The van der Waals surface area contributed by atoms with E-state index in [1.54, 1.807) is 0 Å². The van der Waals surface area contributed by atoms with Gasteiger partial charge in [0.2, 0.25) is 6.04 Å². The molecule has 156 valence electrons. The molecule has 1 N–H and O–H groups in total. The van der Waals surface area contributed by atoms with Gasteiger partial charge in [-0.05, 0) is 37.5 Å². The molecule has 27 heavy (non-hydrogen) atoms. The van der Waals surface area contributed by atoms with Crippen LogP contribution in [-0.4, -0.2) is 22.0 Å². The van der Waals surface area contributed by atoms with Crippen LogP contribution in [0.1, 0.15) is 110 Å². The van der Waals surface area contributed by atoms with Crippen molar-refractivity contribution in [2.24, 2.45) is 17.3 Å². The largest absolute Gasteiger partial charge is 0.481 e. The summed E-state index contributed by atoms with van der Waals surface area (Å²) in [5.41, 5.74) is -0.698. The van der Waals surface area contributed by atoms with Gasteiger partial charge >= 0.3 is 5.97 Å². The van der Waals surface area contributed by atoms with Crippen molar-refractivity contribution in [2.45, 2.75) is 116 Å². The molecule has 5 heteroatoms. The predicted molar refractivity (Wildman–Crippen MR) is 107 cm³/mol. The van der Waals surface area contributed by atoms with E-state index in [4.69, 9.17) is 0 Å². The summed E-state index contributed by atoms with van der Waals surface area (Å²) in [6, 6.07) is -0.536. The van der Waals surface area contributed by atoms with Crippen molar-refractivity contribution >= 4 is 5.97 Å². The number of unbranched alkanes of at least 4 members (excludes halogenated alkanes) is 6. The van der Waals surface area contributed by atoms with Crippen LogP contribution >= 0.6 is 0 Å². The van der Waals surface area contributed by atoms with Crippen LogP contribution in [0.15, 0.2) is 0 Å². The van der Waals surface area contributed by atoms with Crippen LogP contribution in [-0.2, 0) is 4.79 Å². The molecule has 0 bridgehead atoms. The fourth-order valence-corrected chi connectivity index (χ4v) is 5.52. The van der Waals surface area contributed by atoms with Gasteiger partial charge in [0.05, 0.1) is 5.41 Å². The topological polar surface area (TPSA) is 80.4 Å². The van der Waals surface area contributed by atoms with Crippen molar-refractivity contribution in [1.29, 1.82) is 0 Å². The summed E-state index contributed by atoms with van der Waals surface area (Å²) in [5, 5.41) is 20.9. The van der Waals surface area contributed by atoms with E-state index in [1.807, 2.05) is 0 Å². The van der Waals surface area contributed by atoms with E-state index in [1.165, 1.54) is 51.4 Å². The molecule has 5 nitrogen and oxygen atoms in total. The predicted octanol–water partition coefficient (Wildman–Crippen LogP) is 6.22. The van der Waals surface area contributed by atoms with Gasteiger partial charge in [-0.3, -0.25) is 14.9 Å². The van der Waals surface area contributed by atoms with E-state index in [2.05, 4.69) is 6.92 Å². The highest BCUT2D eigenvalue weighted by atomic mass is 16.6. The number of nitro groups is 1. The molecule has 2 aliphatic carbocycles. The van der Waals surface area contributed by atoms with Crippen LogP contribution in [0, 0.1) is 27.4 Å². The van der Waals surface area contributed by atoms with E-state index in [-0.39, 0.29) is 10.8 Å². The third kappa shape index (κ3) is 6.18. The quantitative estimate of drug-likeness (QED) is 0.261. The van der Waals surface area contributed by atoms with Crippen molar-refractivity contribution < 1.29 is 14.8 Å². The molecule has 2 fully saturated rings. The van der Waals surface area contributed by atoms with Crippen LogP contribution in [0.3, 0.4) is 0 Å². The molecule has 0 atom stereocenters. The van der Waals surface area contributed by atoms with Crippen molar-refractivity contribution in [3.8, 4) is 0 Å². The molecule has 0 spiro atoms. The first-order valence-corrected chi connectivity index (χ1v) is 11.4. The number of hydrogen-bond acceptors (Lipinski definition) is 3. The molecule has 0 unspecified atom stereocenters. The second-order valence-corrected chi connectivity index (χ2v) is 9.11. The summed E-state index contributed by atoms with van der Waals surface area (Å²) in [6.07, 6.45) is 16.8. The summed E-state index contributed by atoms with van der Waals surface area (Å²) < 4.78 is 0. The Morgan fingerprint density at radius 1 is 0.963 bits per heavy atom. The Balaban J connectivity index is 1.71. The lowest BCUT2D eigenvalue weighted by Crippen LogP contribution is -2.45. The number of aliphatic carboxylic acids is 1. The Hall–Kier alpha value is -1.13. The lowest BCUT2D eigenvalue weighted by Gasteiger charge is -2.43. The van der Waals surface area contributed by atoms with Crippen LogP contribution in [0.2, 0.25) is 0 Å². The van der Waals surface area contributed by atoms with E-state index in [9.17, 15) is 20.0 Å². The van der Waals surface area contributed by atoms with Crippen molar-refractivity contribution in [3.05, 3.63) is 10.1 Å². The van der Waals surface area contributed by atoms with Crippen molar-refractivity contribution in [2.75, 3.05) is 0 Å². The van der Waals surface area contributed by atoms with Gasteiger partial charge in [-0.1, -0.05) is 71.1 Å². The molecule has 0 amide bonds. The molecule has 0 radical (unpaired) electrons. The third-order valence-electron chi connectivity index (χ3n) is 7.42. The second kappa shape index (κ2) is 11.0. The molecule has 0 aliphatic heterocycles. The average Bonchev–Trinajstić information content (AvgIpc) is 2.67. The van der Waals surface area contributed by atoms with Crippen molar-refractivity contribution in [3.63, 3.8) is 0 Å². The van der Waals surface area contributed by atoms with Gasteiger partial charge in [0.25, 0.3) is 0 Å². The average molecular weight is 382 g/mol. The maximum absolute atomic E-state index is 12.1. The zero-order valence-corrected chi connectivity index (χ0v) is 17.2. The highest BCUT2D eigenvalue weighted by Crippen LogP contribution is 2.50. The van der Waals surface area contributed by atoms with Gasteiger partial charge < -0.3 is 5.11 Å². The molecule has 2 saturated carbocycles. The zero-order valence-electron chi connectivity index (χ0n) is 17.2. The molecule has 2 aliphatic rings. The van der Waals surface area contributed by atoms with Gasteiger partial charge in [0.15, 0.2) is 0 Å². The minimum Gasteiger partial charge on any atom is -0.481 e. The van der Waals surface area contributed by atoms with Crippen LogP contribution in [0.5, 0.6) is 0 Å². The maximum Gasteiger partial charge on any atom is 0.309 e. The van der Waals surface area contributed by atoms with E-state index < -0.39 is 17.4 Å². The number of hydrogen-bond donors (Lipinski definition) is 1. The van der Waals surface area contributed by atoms with Gasteiger partial charge in [-0.2, -0.15) is 0 Å². The smallest absolute Gasteiger partial charge is 0.309 e. The Labute approximate surface area is 164 Å². The summed E-state index contributed by atoms with van der Waals surface area (Å²) in [5.74, 6) is 0.269. The summed E-state index contributed by atoms with van der Waals surface area (Å²) in [4.78, 5) is 22.9. The normalized spacial score (nSPS) is 31.5. The fraction of sp³-hybridized carbons (Fsp3) is 0.955. The first-order chi connectivity index (χ1) is 13.0. The molecule has 0 aromatic carbocycles. The van der Waals surface area contributed by atoms with Crippen LogP contribution < -0.4 is 0 Å². The van der Waals surface area contributed by atoms with Gasteiger partial charge in [0.1, 0.15) is 0 Å². The third-order valence-corrected chi connectivity index (χ3v) is 7.42. The van der Waals surface area contributed by atoms with Crippen LogP contribution in [0.4, 0.5) is 0 Å². The Bertz CT molecular complexity index is 463. The monoisotopic (exact) mass is 381 g/mol. The summed E-state index contributed by atoms with van der Waals surface area (Å²) >= 11 is 0. The number of carbonyl (C=O) groups is 1. The Morgan fingerprint density at radius 3 is 2.04 bits per heavy atom. The molecule has 0 aromatic rings. The Kier molecular flexibility index (Phi) is 9.04. The molecular weight excluding hydrogens is 342 g/mol. The highest BCUT2D eigenvalue weighted by Gasteiger charge is 2.50. The number of rotatable bonds is 11. The molecular formula is C22H39NO4. The van der Waals surface area contributed by atoms with E-state index >= 15 is 0 Å². The lowest BCUT2D eigenvalue weighted by atomic mass is 9.60. The minimum absolute atomic E-state index is 0.216. The second-order valence-electron chi connectivity index (χ2n) is 9.11. The molecule has 0 saturated heterocycles. The van der Waals surface area contributed by atoms with Crippen LogP contribution in [0.25, 0.3) is 0 Å². The number of carboxylic acids is 1.